The Hall–Kier alpha value is -1.10. The van der Waals surface area contributed by atoms with E-state index >= 15 is 0 Å². The number of phenolic OH excluding ortho intramolecular Hbond substituents is 1. The largest absolute Gasteiger partial charge is 0.508 e. The second-order valence-electron chi connectivity index (χ2n) is 8.44. The van der Waals surface area contributed by atoms with Gasteiger partial charge in [-0.05, 0) is 67.7 Å². The third-order valence-electron chi connectivity index (χ3n) is 7.17. The minimum Gasteiger partial charge on any atom is -0.508 e. The van der Waals surface area contributed by atoms with Gasteiger partial charge in [0.2, 0.25) is 0 Å². The molecule has 0 heterocycles. The van der Waals surface area contributed by atoms with E-state index < -0.39 is 0 Å². The highest BCUT2D eigenvalue weighted by Crippen LogP contribution is 2.57. The highest BCUT2D eigenvalue weighted by atomic mass is 16.5. The first-order valence-electron chi connectivity index (χ1n) is 9.63. The van der Waals surface area contributed by atoms with E-state index in [4.69, 9.17) is 10.5 Å². The van der Waals surface area contributed by atoms with Gasteiger partial charge in [0.25, 0.3) is 0 Å². The van der Waals surface area contributed by atoms with Gasteiger partial charge in [0, 0.05) is 24.0 Å². The van der Waals surface area contributed by atoms with Crippen LogP contribution in [0.3, 0.4) is 0 Å². The molecular formula is C21H33NO3. The molecule has 0 unspecified atom stereocenters. The van der Waals surface area contributed by atoms with Crippen molar-refractivity contribution in [2.24, 2.45) is 11.1 Å². The van der Waals surface area contributed by atoms with Crippen LogP contribution < -0.4 is 5.73 Å². The Morgan fingerprint density at radius 1 is 1.32 bits per heavy atom. The minimum atomic E-state index is -0.298. The zero-order valence-electron chi connectivity index (χ0n) is 15.8. The molecule has 0 aliphatic heterocycles. The van der Waals surface area contributed by atoms with Crippen LogP contribution in [0.2, 0.25) is 0 Å². The first kappa shape index (κ1) is 18.7. The molecule has 1 aromatic rings. The minimum absolute atomic E-state index is 0.169. The number of hydrogen-bond acceptors (Lipinski definition) is 4. The molecule has 1 aromatic carbocycles. The topological polar surface area (TPSA) is 75.7 Å². The van der Waals surface area contributed by atoms with Gasteiger partial charge in [-0.3, -0.25) is 0 Å². The van der Waals surface area contributed by atoms with Gasteiger partial charge in [0.1, 0.15) is 5.75 Å². The number of rotatable bonds is 5. The zero-order valence-corrected chi connectivity index (χ0v) is 15.8. The summed E-state index contributed by atoms with van der Waals surface area (Å²) in [5.74, 6) is 0.973. The van der Waals surface area contributed by atoms with Crippen molar-refractivity contribution in [3.05, 3.63) is 29.3 Å². The number of fused-ring (bicyclic) bond motifs is 1. The Morgan fingerprint density at radius 2 is 2.08 bits per heavy atom. The Balaban J connectivity index is 1.93. The third kappa shape index (κ3) is 3.09. The number of nitrogens with two attached hydrogens (primary N) is 1. The number of ether oxygens (including phenoxy) is 1. The Labute approximate surface area is 151 Å². The molecule has 2 saturated carbocycles. The molecule has 3 rings (SSSR count). The molecule has 4 N–H and O–H groups in total. The summed E-state index contributed by atoms with van der Waals surface area (Å²) >= 11 is 0. The highest BCUT2D eigenvalue weighted by Gasteiger charge is 2.57. The van der Waals surface area contributed by atoms with E-state index in [-0.39, 0.29) is 23.0 Å². The zero-order chi connectivity index (χ0) is 18.2. The Kier molecular flexibility index (Phi) is 5.16. The maximum atomic E-state index is 10.5. The molecule has 0 spiro atoms. The van der Waals surface area contributed by atoms with E-state index in [2.05, 4.69) is 19.9 Å². The van der Waals surface area contributed by atoms with Crippen LogP contribution in [0.5, 0.6) is 5.75 Å². The van der Waals surface area contributed by atoms with Crippen LogP contribution in [0.15, 0.2) is 18.2 Å². The number of aliphatic hydroxyl groups is 1. The first-order valence-corrected chi connectivity index (χ1v) is 9.63. The number of hydrogen-bond donors (Lipinski definition) is 3. The van der Waals surface area contributed by atoms with Crippen molar-refractivity contribution in [2.45, 2.75) is 75.9 Å². The lowest BCUT2D eigenvalue weighted by Gasteiger charge is -2.49. The molecule has 2 aliphatic rings. The van der Waals surface area contributed by atoms with E-state index in [9.17, 15) is 10.2 Å². The van der Waals surface area contributed by atoms with Gasteiger partial charge >= 0.3 is 0 Å². The first-order chi connectivity index (χ1) is 11.8. The molecule has 4 nitrogen and oxygen atoms in total. The second kappa shape index (κ2) is 6.90. The average Bonchev–Trinajstić information content (AvgIpc) is 2.83. The average molecular weight is 347 g/mol. The van der Waals surface area contributed by atoms with Gasteiger partial charge in [-0.25, -0.2) is 0 Å². The number of aliphatic hydroxyl groups excluding tert-OH is 1. The smallest absolute Gasteiger partial charge is 0.115 e. The van der Waals surface area contributed by atoms with Crippen molar-refractivity contribution < 1.29 is 14.9 Å². The van der Waals surface area contributed by atoms with E-state index in [1.165, 1.54) is 11.1 Å². The van der Waals surface area contributed by atoms with Crippen molar-refractivity contribution in [1.82, 2.24) is 0 Å². The normalized spacial score (nSPS) is 36.2. The van der Waals surface area contributed by atoms with Crippen molar-refractivity contribution >= 4 is 0 Å². The summed E-state index contributed by atoms with van der Waals surface area (Å²) in [4.78, 5) is 0. The molecule has 0 bridgehead atoms. The molecule has 0 aromatic heterocycles. The van der Waals surface area contributed by atoms with E-state index in [0.717, 1.165) is 38.5 Å². The monoisotopic (exact) mass is 347 g/mol. The summed E-state index contributed by atoms with van der Waals surface area (Å²) in [6, 6.07) is 5.77. The van der Waals surface area contributed by atoms with Crippen molar-refractivity contribution in [1.29, 1.82) is 0 Å². The van der Waals surface area contributed by atoms with Crippen LogP contribution in [-0.2, 0) is 4.74 Å². The van der Waals surface area contributed by atoms with Crippen LogP contribution in [0.1, 0.15) is 75.3 Å². The van der Waals surface area contributed by atoms with Crippen LogP contribution in [-0.4, -0.2) is 35.6 Å². The van der Waals surface area contributed by atoms with Crippen LogP contribution >= 0.6 is 0 Å². The number of aromatic hydroxyl groups is 1. The summed E-state index contributed by atoms with van der Waals surface area (Å²) < 4.78 is 5.41. The van der Waals surface area contributed by atoms with Crippen LogP contribution in [0.25, 0.3) is 0 Å². The lowest BCUT2D eigenvalue weighted by molar-refractivity contribution is -0.00604. The Bertz CT molecular complexity index is 619. The summed E-state index contributed by atoms with van der Waals surface area (Å²) in [6.07, 6.45) is 5.29. The van der Waals surface area contributed by atoms with Gasteiger partial charge in [0.15, 0.2) is 0 Å². The summed E-state index contributed by atoms with van der Waals surface area (Å²) in [7, 11) is 1.73. The fraction of sp³-hybridized carbons (Fsp3) is 0.714. The van der Waals surface area contributed by atoms with Gasteiger partial charge in [-0.1, -0.05) is 19.9 Å². The van der Waals surface area contributed by atoms with Crippen molar-refractivity contribution in [3.63, 3.8) is 0 Å². The molecule has 5 atom stereocenters. The van der Waals surface area contributed by atoms with E-state index in [1.54, 1.807) is 13.2 Å². The van der Waals surface area contributed by atoms with Crippen LogP contribution in [0, 0.1) is 5.41 Å². The molecule has 0 amide bonds. The lowest BCUT2D eigenvalue weighted by atomic mass is 9.59. The highest BCUT2D eigenvalue weighted by molar-refractivity contribution is 5.40. The third-order valence-corrected chi connectivity index (χ3v) is 7.17. The number of phenols is 1. The lowest BCUT2D eigenvalue weighted by Crippen LogP contribution is -2.57. The predicted molar refractivity (Wildman–Crippen MR) is 99.9 cm³/mol. The molecule has 4 heteroatoms. The predicted octanol–water partition coefficient (Wildman–Crippen LogP) is 3.66. The molecule has 2 fully saturated rings. The quantitative estimate of drug-likeness (QED) is 0.760. The van der Waals surface area contributed by atoms with Crippen molar-refractivity contribution in [3.8, 4) is 5.75 Å². The summed E-state index contributed by atoms with van der Waals surface area (Å²) in [6.45, 7) is 4.98. The molecular weight excluding hydrogens is 314 g/mol. The standard InChI is InChI=1S/C21H33NO3/c1-4-14(13-25-3)18-11-16(23)5-6-17(18)15-7-9-20(2)19(24)8-10-21(20,22)12-15/h5-6,11,14-15,19,23-24H,4,7-10,12-13,22H2,1-3H3/t14-,15+,19+,20-,21-/m1/s1. The molecule has 0 saturated heterocycles. The van der Waals surface area contributed by atoms with Crippen molar-refractivity contribution in [2.75, 3.05) is 13.7 Å². The van der Waals surface area contributed by atoms with E-state index in [1.807, 2.05) is 6.07 Å². The SMILES string of the molecule is CC[C@H](COC)c1cc(O)ccc1[C@H]1CC[C@]2(C)[C@@H](O)CC[C@@]2(N)C1. The molecule has 140 valence electrons. The van der Waals surface area contributed by atoms with Gasteiger partial charge in [-0.2, -0.15) is 0 Å². The van der Waals surface area contributed by atoms with E-state index in [0.29, 0.717) is 18.3 Å². The molecule has 2 aliphatic carbocycles. The van der Waals surface area contributed by atoms with Gasteiger partial charge < -0.3 is 20.7 Å². The summed E-state index contributed by atoms with van der Waals surface area (Å²) in [5.41, 5.74) is 8.86. The molecule has 25 heavy (non-hydrogen) atoms. The number of benzene rings is 1. The maximum absolute atomic E-state index is 10.5. The van der Waals surface area contributed by atoms with Gasteiger partial charge in [0.05, 0.1) is 12.7 Å². The molecule has 0 radical (unpaired) electrons. The second-order valence-corrected chi connectivity index (χ2v) is 8.44. The maximum Gasteiger partial charge on any atom is 0.115 e. The fourth-order valence-electron chi connectivity index (χ4n) is 5.28. The van der Waals surface area contributed by atoms with Gasteiger partial charge in [-0.15, -0.1) is 0 Å². The Morgan fingerprint density at radius 3 is 2.76 bits per heavy atom. The van der Waals surface area contributed by atoms with Crippen LogP contribution in [0.4, 0.5) is 0 Å². The number of methoxy groups -OCH3 is 1. The fourth-order valence-corrected chi connectivity index (χ4v) is 5.28. The summed E-state index contributed by atoms with van der Waals surface area (Å²) in [5, 5.41) is 20.5.